The molecule has 1 aromatic carbocycles. The van der Waals surface area contributed by atoms with E-state index in [1.165, 1.54) is 18.2 Å². The van der Waals surface area contributed by atoms with Gasteiger partial charge in [0.2, 0.25) is 6.20 Å². The summed E-state index contributed by atoms with van der Waals surface area (Å²) in [5.41, 5.74) is 0.0915. The number of aliphatic carboxylic acids is 1. The van der Waals surface area contributed by atoms with E-state index >= 15 is 0 Å². The molecule has 100 valence electrons. The van der Waals surface area contributed by atoms with Crippen LogP contribution in [0.4, 0.5) is 5.69 Å². The van der Waals surface area contributed by atoms with Crippen LogP contribution in [0.15, 0.2) is 36.0 Å². The van der Waals surface area contributed by atoms with Gasteiger partial charge in [-0.05, 0) is 18.4 Å². The summed E-state index contributed by atoms with van der Waals surface area (Å²) in [4.78, 5) is 30.2. The van der Waals surface area contributed by atoms with Gasteiger partial charge in [-0.3, -0.25) is 20.2 Å². The summed E-state index contributed by atoms with van der Waals surface area (Å²) in [5.74, 6) is -1.37. The van der Waals surface area contributed by atoms with Gasteiger partial charge in [-0.2, -0.15) is 0 Å². The molecule has 0 saturated heterocycles. The van der Waals surface area contributed by atoms with Crippen LogP contribution in [-0.2, 0) is 11.2 Å². The van der Waals surface area contributed by atoms with Crippen LogP contribution in [0.2, 0.25) is 0 Å². The van der Waals surface area contributed by atoms with Gasteiger partial charge in [0.05, 0.1) is 9.85 Å². The number of nitro benzene ring substituents is 1. The predicted molar refractivity (Wildman–Crippen MR) is 64.1 cm³/mol. The SMILES string of the molecule is O=C(O)C(=C[N+](=O)[O-])CCc1cccc([N+](=O)[O-])c1. The molecule has 0 aromatic heterocycles. The maximum absolute atomic E-state index is 10.8. The molecule has 8 heteroatoms. The zero-order chi connectivity index (χ0) is 14.4. The summed E-state index contributed by atoms with van der Waals surface area (Å²) >= 11 is 0. The molecule has 0 fully saturated rings. The predicted octanol–water partition coefficient (Wildman–Crippen LogP) is 1.77. The molecule has 1 rings (SSSR count). The molecule has 0 amide bonds. The maximum atomic E-state index is 10.8. The third kappa shape index (κ3) is 4.54. The Morgan fingerprint density at radius 2 is 2.00 bits per heavy atom. The van der Waals surface area contributed by atoms with Crippen molar-refractivity contribution in [2.45, 2.75) is 12.8 Å². The molecule has 1 N–H and O–H groups in total. The summed E-state index contributed by atoms with van der Waals surface area (Å²) in [6.07, 6.45) is 0.533. The van der Waals surface area contributed by atoms with E-state index in [0.717, 1.165) is 0 Å². The number of benzene rings is 1. The summed E-state index contributed by atoms with van der Waals surface area (Å²) in [6, 6.07) is 5.70. The Balaban J connectivity index is 2.80. The minimum absolute atomic E-state index is 0.0719. The molecule has 0 atom stereocenters. The number of carboxylic acids is 1. The van der Waals surface area contributed by atoms with Crippen molar-refractivity contribution in [3.05, 3.63) is 61.8 Å². The molecular weight excluding hydrogens is 256 g/mol. The molecule has 0 saturated carbocycles. The van der Waals surface area contributed by atoms with Gasteiger partial charge in [-0.1, -0.05) is 12.1 Å². The van der Waals surface area contributed by atoms with Crippen molar-refractivity contribution in [2.24, 2.45) is 0 Å². The fourth-order valence-corrected chi connectivity index (χ4v) is 1.46. The van der Waals surface area contributed by atoms with E-state index < -0.39 is 15.8 Å². The average Bonchev–Trinajstić information content (AvgIpc) is 2.34. The molecule has 8 nitrogen and oxygen atoms in total. The number of aryl methyl sites for hydroxylation is 1. The van der Waals surface area contributed by atoms with E-state index in [4.69, 9.17) is 5.11 Å². The fourth-order valence-electron chi connectivity index (χ4n) is 1.46. The van der Waals surface area contributed by atoms with Crippen molar-refractivity contribution in [3.63, 3.8) is 0 Å². The monoisotopic (exact) mass is 266 g/mol. The van der Waals surface area contributed by atoms with Crippen molar-refractivity contribution >= 4 is 11.7 Å². The minimum atomic E-state index is -1.37. The third-order valence-electron chi connectivity index (χ3n) is 2.34. The molecule has 0 aliphatic carbocycles. The number of non-ortho nitro benzene ring substituents is 1. The number of nitro groups is 2. The number of carbonyl (C=O) groups is 1. The highest BCUT2D eigenvalue weighted by Gasteiger charge is 2.13. The van der Waals surface area contributed by atoms with Crippen LogP contribution in [0.1, 0.15) is 12.0 Å². The lowest BCUT2D eigenvalue weighted by Crippen LogP contribution is -2.05. The molecule has 0 heterocycles. The smallest absolute Gasteiger partial charge is 0.337 e. The van der Waals surface area contributed by atoms with Gasteiger partial charge < -0.3 is 5.11 Å². The fraction of sp³-hybridized carbons (Fsp3) is 0.182. The lowest BCUT2D eigenvalue weighted by Gasteiger charge is -2.01. The van der Waals surface area contributed by atoms with E-state index in [1.54, 1.807) is 6.07 Å². The van der Waals surface area contributed by atoms with E-state index in [0.29, 0.717) is 11.8 Å². The van der Waals surface area contributed by atoms with Gasteiger partial charge in [0.15, 0.2) is 0 Å². The maximum Gasteiger partial charge on any atom is 0.337 e. The van der Waals surface area contributed by atoms with Crippen LogP contribution in [0, 0.1) is 20.2 Å². The van der Waals surface area contributed by atoms with Crippen LogP contribution in [0.3, 0.4) is 0 Å². The Morgan fingerprint density at radius 3 is 2.53 bits per heavy atom. The van der Waals surface area contributed by atoms with Gasteiger partial charge in [-0.15, -0.1) is 0 Å². The number of carboxylic acid groups (broad SMARTS) is 1. The van der Waals surface area contributed by atoms with Gasteiger partial charge in [-0.25, -0.2) is 4.79 Å². The van der Waals surface area contributed by atoms with Crippen molar-refractivity contribution < 1.29 is 19.7 Å². The van der Waals surface area contributed by atoms with E-state index in [-0.39, 0.29) is 24.1 Å². The van der Waals surface area contributed by atoms with Crippen molar-refractivity contribution in [1.82, 2.24) is 0 Å². The molecule has 1 aromatic rings. The molecule has 0 spiro atoms. The van der Waals surface area contributed by atoms with Gasteiger partial charge in [0.25, 0.3) is 5.69 Å². The van der Waals surface area contributed by atoms with Gasteiger partial charge >= 0.3 is 5.97 Å². The quantitative estimate of drug-likeness (QED) is 0.475. The van der Waals surface area contributed by atoms with E-state index in [2.05, 4.69) is 0 Å². The Bertz CT molecular complexity index is 552. The van der Waals surface area contributed by atoms with Crippen LogP contribution < -0.4 is 0 Å². The minimum Gasteiger partial charge on any atom is -0.478 e. The Morgan fingerprint density at radius 1 is 1.32 bits per heavy atom. The zero-order valence-electron chi connectivity index (χ0n) is 9.68. The average molecular weight is 266 g/mol. The number of rotatable bonds is 6. The lowest BCUT2D eigenvalue weighted by atomic mass is 10.0. The van der Waals surface area contributed by atoms with Crippen LogP contribution in [0.5, 0.6) is 0 Å². The molecule has 19 heavy (non-hydrogen) atoms. The molecular formula is C11H10N2O6. The Hall–Kier alpha value is -2.77. The topological polar surface area (TPSA) is 124 Å². The normalized spacial score (nSPS) is 11.1. The first kappa shape index (κ1) is 14.3. The number of hydrogen-bond donors (Lipinski definition) is 1. The van der Waals surface area contributed by atoms with Crippen LogP contribution >= 0.6 is 0 Å². The largest absolute Gasteiger partial charge is 0.478 e. The van der Waals surface area contributed by atoms with Gasteiger partial charge in [0.1, 0.15) is 5.57 Å². The third-order valence-corrected chi connectivity index (χ3v) is 2.34. The highest BCUT2D eigenvalue weighted by atomic mass is 16.6. The second kappa shape index (κ2) is 6.24. The van der Waals surface area contributed by atoms with Crippen LogP contribution in [0.25, 0.3) is 0 Å². The molecule has 0 unspecified atom stereocenters. The van der Waals surface area contributed by atoms with Crippen molar-refractivity contribution in [3.8, 4) is 0 Å². The number of nitrogens with zero attached hydrogens (tertiary/aromatic N) is 2. The Labute approximate surface area is 107 Å². The van der Waals surface area contributed by atoms with Crippen molar-refractivity contribution in [2.75, 3.05) is 0 Å². The number of hydrogen-bond acceptors (Lipinski definition) is 5. The first-order valence-electron chi connectivity index (χ1n) is 5.21. The lowest BCUT2D eigenvalue weighted by molar-refractivity contribution is -0.403. The Kier molecular flexibility index (Phi) is 4.69. The second-order valence-electron chi connectivity index (χ2n) is 3.67. The molecule has 0 aliphatic heterocycles. The standard InChI is InChI=1S/C11H10N2O6/c14-11(15)9(7-12(16)17)5-4-8-2-1-3-10(6-8)13(18)19/h1-3,6-7H,4-5H2,(H,14,15). The summed E-state index contributed by atoms with van der Waals surface area (Å²) in [5, 5.41) is 29.6. The summed E-state index contributed by atoms with van der Waals surface area (Å²) in [7, 11) is 0. The first-order chi connectivity index (χ1) is 8.90. The second-order valence-corrected chi connectivity index (χ2v) is 3.67. The summed E-state index contributed by atoms with van der Waals surface area (Å²) < 4.78 is 0. The first-order valence-corrected chi connectivity index (χ1v) is 5.21. The highest BCUT2D eigenvalue weighted by Crippen LogP contribution is 2.16. The molecule has 0 radical (unpaired) electrons. The highest BCUT2D eigenvalue weighted by molar-refractivity contribution is 5.86. The van der Waals surface area contributed by atoms with E-state index in [9.17, 15) is 25.0 Å². The molecule has 0 aliphatic rings. The van der Waals surface area contributed by atoms with Gasteiger partial charge in [0, 0.05) is 12.1 Å². The van der Waals surface area contributed by atoms with Crippen LogP contribution in [-0.4, -0.2) is 20.9 Å². The van der Waals surface area contributed by atoms with E-state index in [1.807, 2.05) is 0 Å². The zero-order valence-corrected chi connectivity index (χ0v) is 9.68. The van der Waals surface area contributed by atoms with Crippen molar-refractivity contribution in [1.29, 1.82) is 0 Å². The summed E-state index contributed by atoms with van der Waals surface area (Å²) in [6.45, 7) is 0. The molecule has 0 bridgehead atoms.